The monoisotopic (exact) mass is 266 g/mol. The Morgan fingerprint density at radius 3 is 2.65 bits per heavy atom. The average Bonchev–Trinajstić information content (AvgIpc) is 2.48. The van der Waals surface area contributed by atoms with E-state index in [4.69, 9.17) is 0 Å². The van der Waals surface area contributed by atoms with Crippen LogP contribution in [-0.4, -0.2) is 9.91 Å². The number of fused-ring (bicyclic) bond motifs is 1. The first kappa shape index (κ1) is 12.1. The largest absolute Gasteiger partial charge is 0.360 e. The maximum atomic E-state index is 12.4. The number of aromatic amines is 1. The summed E-state index contributed by atoms with van der Waals surface area (Å²) in [6.45, 7) is 0. The van der Waals surface area contributed by atoms with E-state index < -0.39 is 4.92 Å². The number of para-hydroxylation sites is 1. The molecule has 3 rings (SSSR count). The lowest BCUT2D eigenvalue weighted by Crippen LogP contribution is -2.06. The number of nitro benzene ring substituents is 1. The number of nitrogens with zero attached hydrogens (tertiary/aromatic N) is 1. The predicted octanol–water partition coefficient (Wildman–Crippen LogP) is 3.10. The fraction of sp³-hybridized carbons (Fsp3) is 0. The molecule has 0 radical (unpaired) electrons. The second-order valence-corrected chi connectivity index (χ2v) is 4.38. The third-order valence-electron chi connectivity index (χ3n) is 3.16. The van der Waals surface area contributed by atoms with E-state index in [0.717, 1.165) is 5.52 Å². The molecule has 98 valence electrons. The van der Waals surface area contributed by atoms with Crippen molar-refractivity contribution in [2.24, 2.45) is 0 Å². The first-order valence-electron chi connectivity index (χ1n) is 6.02. The van der Waals surface area contributed by atoms with Crippen LogP contribution in [0.1, 0.15) is 0 Å². The van der Waals surface area contributed by atoms with Crippen LogP contribution in [0.15, 0.2) is 59.5 Å². The number of H-pyrrole nitrogens is 1. The highest BCUT2D eigenvalue weighted by Crippen LogP contribution is 2.22. The summed E-state index contributed by atoms with van der Waals surface area (Å²) in [6, 6.07) is 13.2. The SMILES string of the molecule is O=c1c(-c2cccc([N+](=O)[O-])c2)c[nH]c2ccccc12. The Kier molecular flexibility index (Phi) is 2.80. The van der Waals surface area contributed by atoms with E-state index in [0.29, 0.717) is 16.5 Å². The number of benzene rings is 2. The summed E-state index contributed by atoms with van der Waals surface area (Å²) in [4.78, 5) is 25.8. The summed E-state index contributed by atoms with van der Waals surface area (Å²) in [5, 5.41) is 11.4. The van der Waals surface area contributed by atoms with Crippen LogP contribution in [0, 0.1) is 10.1 Å². The highest BCUT2D eigenvalue weighted by molar-refractivity contribution is 5.83. The van der Waals surface area contributed by atoms with Crippen molar-refractivity contribution in [3.63, 3.8) is 0 Å². The van der Waals surface area contributed by atoms with E-state index in [1.54, 1.807) is 30.5 Å². The lowest BCUT2D eigenvalue weighted by molar-refractivity contribution is -0.384. The highest BCUT2D eigenvalue weighted by atomic mass is 16.6. The average molecular weight is 266 g/mol. The van der Waals surface area contributed by atoms with Crippen molar-refractivity contribution in [2.75, 3.05) is 0 Å². The van der Waals surface area contributed by atoms with Crippen molar-refractivity contribution in [1.82, 2.24) is 4.98 Å². The van der Waals surface area contributed by atoms with Crippen LogP contribution >= 0.6 is 0 Å². The molecule has 0 unspecified atom stereocenters. The van der Waals surface area contributed by atoms with E-state index in [-0.39, 0.29) is 11.1 Å². The summed E-state index contributed by atoms with van der Waals surface area (Å²) < 4.78 is 0. The number of pyridine rings is 1. The Labute approximate surface area is 113 Å². The molecule has 1 heterocycles. The first-order valence-corrected chi connectivity index (χ1v) is 6.02. The predicted molar refractivity (Wildman–Crippen MR) is 76.7 cm³/mol. The summed E-state index contributed by atoms with van der Waals surface area (Å²) >= 11 is 0. The van der Waals surface area contributed by atoms with Crippen LogP contribution < -0.4 is 5.43 Å². The molecule has 0 aliphatic heterocycles. The van der Waals surface area contributed by atoms with Gasteiger partial charge in [0.2, 0.25) is 0 Å². The Balaban J connectivity index is 2.25. The molecule has 0 amide bonds. The Morgan fingerprint density at radius 2 is 1.85 bits per heavy atom. The number of aromatic nitrogens is 1. The van der Waals surface area contributed by atoms with Gasteiger partial charge in [0.1, 0.15) is 0 Å². The van der Waals surface area contributed by atoms with Crippen LogP contribution in [0.3, 0.4) is 0 Å². The first-order chi connectivity index (χ1) is 9.66. The molecule has 3 aromatic rings. The van der Waals surface area contributed by atoms with Gasteiger partial charge in [-0.1, -0.05) is 24.3 Å². The summed E-state index contributed by atoms with van der Waals surface area (Å²) in [5.41, 5.74) is 1.53. The van der Waals surface area contributed by atoms with Gasteiger partial charge in [0.15, 0.2) is 5.43 Å². The van der Waals surface area contributed by atoms with Gasteiger partial charge in [-0.25, -0.2) is 0 Å². The fourth-order valence-corrected chi connectivity index (χ4v) is 2.17. The second kappa shape index (κ2) is 4.62. The third-order valence-corrected chi connectivity index (χ3v) is 3.16. The van der Waals surface area contributed by atoms with Gasteiger partial charge in [0.25, 0.3) is 5.69 Å². The van der Waals surface area contributed by atoms with E-state index in [2.05, 4.69) is 4.98 Å². The molecule has 0 aliphatic rings. The number of nitrogens with one attached hydrogen (secondary N) is 1. The fourth-order valence-electron chi connectivity index (χ4n) is 2.17. The molecule has 2 aromatic carbocycles. The molecule has 5 nitrogen and oxygen atoms in total. The lowest BCUT2D eigenvalue weighted by atomic mass is 10.0. The zero-order valence-electron chi connectivity index (χ0n) is 10.4. The number of non-ortho nitro benzene ring substituents is 1. The van der Waals surface area contributed by atoms with Gasteiger partial charge < -0.3 is 4.98 Å². The Hall–Kier alpha value is -2.95. The van der Waals surface area contributed by atoms with E-state index >= 15 is 0 Å². The molecule has 0 aliphatic carbocycles. The molecule has 0 saturated carbocycles. The molecule has 1 N–H and O–H groups in total. The van der Waals surface area contributed by atoms with Crippen molar-refractivity contribution in [3.05, 3.63) is 75.1 Å². The third kappa shape index (κ3) is 1.95. The smallest absolute Gasteiger partial charge is 0.270 e. The number of nitro groups is 1. The van der Waals surface area contributed by atoms with Gasteiger partial charge in [-0.2, -0.15) is 0 Å². The van der Waals surface area contributed by atoms with Gasteiger partial charge in [-0.05, 0) is 17.7 Å². The molecule has 0 fully saturated rings. The molecule has 5 heteroatoms. The molecule has 0 saturated heterocycles. The van der Waals surface area contributed by atoms with Gasteiger partial charge in [0, 0.05) is 34.8 Å². The number of rotatable bonds is 2. The highest BCUT2D eigenvalue weighted by Gasteiger charge is 2.11. The van der Waals surface area contributed by atoms with Crippen LogP contribution in [0.5, 0.6) is 0 Å². The summed E-state index contributed by atoms with van der Waals surface area (Å²) in [7, 11) is 0. The minimum Gasteiger partial charge on any atom is -0.360 e. The molecule has 0 atom stereocenters. The van der Waals surface area contributed by atoms with E-state index in [9.17, 15) is 14.9 Å². The van der Waals surface area contributed by atoms with Crippen molar-refractivity contribution in [3.8, 4) is 11.1 Å². The van der Waals surface area contributed by atoms with Crippen molar-refractivity contribution in [2.45, 2.75) is 0 Å². The number of hydrogen-bond acceptors (Lipinski definition) is 3. The molecule has 0 bridgehead atoms. The molecule has 20 heavy (non-hydrogen) atoms. The topological polar surface area (TPSA) is 76.0 Å². The quantitative estimate of drug-likeness (QED) is 0.572. The number of hydrogen-bond donors (Lipinski definition) is 1. The molecule has 0 spiro atoms. The minimum atomic E-state index is -0.473. The van der Waals surface area contributed by atoms with Crippen molar-refractivity contribution in [1.29, 1.82) is 0 Å². The van der Waals surface area contributed by atoms with Crippen LogP contribution in [-0.2, 0) is 0 Å². The summed E-state index contributed by atoms with van der Waals surface area (Å²) in [6.07, 6.45) is 1.59. The molecular weight excluding hydrogens is 256 g/mol. The molecule has 1 aromatic heterocycles. The van der Waals surface area contributed by atoms with Gasteiger partial charge in [0.05, 0.1) is 4.92 Å². The van der Waals surface area contributed by atoms with Crippen molar-refractivity contribution < 1.29 is 4.92 Å². The maximum Gasteiger partial charge on any atom is 0.270 e. The van der Waals surface area contributed by atoms with Crippen LogP contribution in [0.2, 0.25) is 0 Å². The molecular formula is C15H10N2O3. The van der Waals surface area contributed by atoms with Gasteiger partial charge >= 0.3 is 0 Å². The van der Waals surface area contributed by atoms with Gasteiger partial charge in [-0.3, -0.25) is 14.9 Å². The lowest BCUT2D eigenvalue weighted by Gasteiger charge is -2.03. The van der Waals surface area contributed by atoms with E-state index in [1.165, 1.54) is 12.1 Å². The Bertz CT molecular complexity index is 868. The zero-order chi connectivity index (χ0) is 14.1. The van der Waals surface area contributed by atoms with Crippen LogP contribution in [0.25, 0.3) is 22.0 Å². The standard InChI is InChI=1S/C15H10N2O3/c18-15-12-6-1-2-7-14(12)16-9-13(15)10-4-3-5-11(8-10)17(19)20/h1-9H,(H,16,18). The maximum absolute atomic E-state index is 12.4. The zero-order valence-corrected chi connectivity index (χ0v) is 10.4. The minimum absolute atomic E-state index is 0.0324. The van der Waals surface area contributed by atoms with Gasteiger partial charge in [-0.15, -0.1) is 0 Å². The van der Waals surface area contributed by atoms with E-state index in [1.807, 2.05) is 12.1 Å². The summed E-state index contributed by atoms with van der Waals surface area (Å²) in [5.74, 6) is 0. The normalized spacial score (nSPS) is 10.6. The van der Waals surface area contributed by atoms with Crippen LogP contribution in [0.4, 0.5) is 5.69 Å². The van der Waals surface area contributed by atoms with Crippen molar-refractivity contribution >= 4 is 16.6 Å². The Morgan fingerprint density at radius 1 is 1.05 bits per heavy atom. The second-order valence-electron chi connectivity index (χ2n) is 4.38.